The summed E-state index contributed by atoms with van der Waals surface area (Å²) < 4.78 is 0. The van der Waals surface area contributed by atoms with Crippen LogP contribution < -0.4 is 60.2 Å². The van der Waals surface area contributed by atoms with Gasteiger partial charge in [0.15, 0.2) is 23.3 Å². The van der Waals surface area contributed by atoms with E-state index in [2.05, 4.69) is 47.2 Å². The van der Waals surface area contributed by atoms with Gasteiger partial charge >= 0.3 is 6.03 Å². The van der Waals surface area contributed by atoms with E-state index in [1.165, 1.54) is 26.1 Å². The molecule has 88 heavy (non-hydrogen) atoms. The Hall–Kier alpha value is -8.46. The number of hydrogen-bond acceptors (Lipinski definition) is 15. The summed E-state index contributed by atoms with van der Waals surface area (Å²) in [5, 5.41) is 40.1. The molecule has 27 nitrogen and oxygen atoms in total. The van der Waals surface area contributed by atoms with E-state index in [4.69, 9.17) is 22.9 Å². The number of phenolic OH excluding ortho intramolecular Hbond substituents is 1. The quantitative estimate of drug-likeness (QED) is 0.0205. The van der Waals surface area contributed by atoms with Gasteiger partial charge in [-0.05, 0) is 66.8 Å². The number of urea groups is 1. The number of benzene rings is 2. The van der Waals surface area contributed by atoms with Gasteiger partial charge in [0.2, 0.25) is 41.4 Å². The second kappa shape index (κ2) is 33.6. The molecule has 18 N–H and O–H groups in total. The van der Waals surface area contributed by atoms with Gasteiger partial charge in [-0.25, -0.2) is 4.79 Å². The standard InChI is InChI=1S/C61H88N14O13/c1-34(76)70-48(25-37-16-18-41(77)19-17-37)59(87)75-33-42(78)29-50(75)58(86)74-49(32-69-61(65)88)53(81)28-39(30-62)57(85)72-45(23-35-9-4-3-5-10-35)51(79)20-21-54(82)71-46(24-36-14-15-36)52(80)27-38(11-8-22-67-60(64)66-2)56(84)73-47(55(63)83)26-40-31-68-44-13-7-6-12-43(40)44/h6-7,12-13,16-19,31,35-36,38-39,42,45-50,68,77-78H,3-5,8-11,14-15,20-30,32-33,62H2,1-2H3,(H2,63,83)(H,70,76)(H,71,82)(H,72,85)(H,73,84)(H,74,86)(H3,64,66,67)(H3,65,69,88)/t38-,39+,42-,45+,46+,47+,48-,49+,50+/m1/s1. The Morgan fingerprint density at radius 1 is 0.705 bits per heavy atom. The second-order valence-electron chi connectivity index (χ2n) is 23.6. The fraction of sp³-hybridized carbons (Fsp3) is 0.574. The summed E-state index contributed by atoms with van der Waals surface area (Å²) in [7, 11) is 1.52. The lowest BCUT2D eigenvalue weighted by atomic mass is 9.83. The molecule has 2 saturated carbocycles. The third kappa shape index (κ3) is 21.4. The normalized spacial score (nSPS) is 18.5. The lowest BCUT2D eigenvalue weighted by molar-refractivity contribution is -0.142. The first-order valence-corrected chi connectivity index (χ1v) is 30.4. The number of guanidine groups is 1. The number of likely N-dealkylation sites (tertiary alicyclic amines) is 1. The first kappa shape index (κ1) is 68.7. The van der Waals surface area contributed by atoms with Crippen molar-refractivity contribution in [2.45, 2.75) is 165 Å². The molecule has 0 bridgehead atoms. The molecule has 2 aromatic carbocycles. The van der Waals surface area contributed by atoms with E-state index in [9.17, 15) is 63.0 Å². The predicted octanol–water partition coefficient (Wildman–Crippen LogP) is -0.238. The van der Waals surface area contributed by atoms with Crippen LogP contribution in [0.2, 0.25) is 0 Å². The highest BCUT2D eigenvalue weighted by atomic mass is 16.3. The third-order valence-corrected chi connectivity index (χ3v) is 16.6. The van der Waals surface area contributed by atoms with Gasteiger partial charge in [0.05, 0.1) is 24.1 Å². The number of fused-ring (bicyclic) bond motifs is 1. The zero-order chi connectivity index (χ0) is 64.0. The SMILES string of the molecule is CN=C(N)NCCC[C@H](CC(=O)[C@H](CC1CC1)NC(=O)CCC(=O)[C@H](CC1CCCCC1)NC(=O)[C@H](CN)CC(=O)[C@H](CNC(N)=O)NC(=O)[C@@H]1C[C@@H](O)CN1C(=O)[C@@H](Cc1ccc(O)cc1)NC(C)=O)C(=O)N[C@@H](Cc1c[nH]c2ccccc12)C(N)=O. The Bertz CT molecular complexity index is 2980. The van der Waals surface area contributed by atoms with Crippen molar-refractivity contribution in [3.05, 3.63) is 65.9 Å². The fourth-order valence-corrected chi connectivity index (χ4v) is 11.5. The first-order chi connectivity index (χ1) is 42.0. The molecule has 1 aliphatic heterocycles. The van der Waals surface area contributed by atoms with Crippen molar-refractivity contribution in [1.29, 1.82) is 0 Å². The number of ketones is 3. The number of phenols is 1. The van der Waals surface area contributed by atoms with Crippen molar-refractivity contribution < 1.29 is 63.0 Å². The number of nitrogens with one attached hydrogen (secondary N) is 8. The summed E-state index contributed by atoms with van der Waals surface area (Å²) in [6.45, 7) is 0.291. The van der Waals surface area contributed by atoms with E-state index >= 15 is 0 Å². The van der Waals surface area contributed by atoms with Gasteiger partial charge in [0.1, 0.15) is 29.9 Å². The number of aromatic hydroxyl groups is 1. The number of Topliss-reactive ketones (excluding diaryl/α,β-unsaturated/α-hetero) is 3. The van der Waals surface area contributed by atoms with Crippen LogP contribution in [-0.2, 0) is 60.8 Å². The number of H-pyrrole nitrogens is 1. The number of β-amino-alcohol motifs (C(OH)–C–C–N with tert-alkyl or cyclic N) is 1. The summed E-state index contributed by atoms with van der Waals surface area (Å²) >= 11 is 0. The molecule has 9 amide bonds. The van der Waals surface area contributed by atoms with Crippen molar-refractivity contribution in [3.63, 3.8) is 0 Å². The summed E-state index contributed by atoms with van der Waals surface area (Å²) in [5.41, 5.74) is 25.3. The molecule has 480 valence electrons. The van der Waals surface area contributed by atoms with Crippen molar-refractivity contribution in [3.8, 4) is 5.75 Å². The number of para-hydroxylation sites is 1. The van der Waals surface area contributed by atoms with Gasteiger partial charge in [-0.1, -0.05) is 75.3 Å². The zero-order valence-corrected chi connectivity index (χ0v) is 50.2. The summed E-state index contributed by atoms with van der Waals surface area (Å²) in [5.74, 6) is -8.40. The molecule has 3 fully saturated rings. The number of rotatable bonds is 35. The van der Waals surface area contributed by atoms with Crippen LogP contribution in [0.15, 0.2) is 59.7 Å². The number of aromatic amines is 1. The van der Waals surface area contributed by atoms with Gasteiger partial charge in [0, 0.05) is 108 Å². The molecule has 0 spiro atoms. The van der Waals surface area contributed by atoms with Gasteiger partial charge in [-0.15, -0.1) is 0 Å². The summed E-state index contributed by atoms with van der Waals surface area (Å²) in [6, 6.07) is 5.05. The highest BCUT2D eigenvalue weighted by Gasteiger charge is 2.43. The fourth-order valence-electron chi connectivity index (χ4n) is 11.5. The number of hydrogen-bond donors (Lipinski definition) is 14. The minimum atomic E-state index is -1.53. The van der Waals surface area contributed by atoms with Gasteiger partial charge in [0.25, 0.3) is 0 Å². The Morgan fingerprint density at radius 3 is 1.99 bits per heavy atom. The summed E-state index contributed by atoms with van der Waals surface area (Å²) in [4.78, 5) is 158. The molecule has 1 saturated heterocycles. The number of primary amides is 2. The second-order valence-corrected chi connectivity index (χ2v) is 23.6. The number of nitrogens with zero attached hydrogens (tertiary/aromatic N) is 2. The van der Waals surface area contributed by atoms with Crippen molar-refractivity contribution in [2.24, 2.45) is 51.6 Å². The maximum absolute atomic E-state index is 14.3. The Morgan fingerprint density at radius 2 is 1.34 bits per heavy atom. The topological polar surface area (TPSA) is 448 Å². The van der Waals surface area contributed by atoms with E-state index in [1.54, 1.807) is 18.3 Å². The number of amides is 9. The van der Waals surface area contributed by atoms with E-state index in [0.29, 0.717) is 24.9 Å². The van der Waals surface area contributed by atoms with Gasteiger partial charge in [-0.2, -0.15) is 0 Å². The average Bonchev–Trinajstić information content (AvgIpc) is 3.20. The number of aromatic nitrogens is 1. The maximum Gasteiger partial charge on any atom is 0.312 e. The van der Waals surface area contributed by atoms with Crippen LogP contribution in [0.5, 0.6) is 5.75 Å². The van der Waals surface area contributed by atoms with Crippen molar-refractivity contribution >= 4 is 81.6 Å². The predicted molar refractivity (Wildman–Crippen MR) is 325 cm³/mol. The minimum absolute atomic E-state index is 0.0230. The molecule has 3 aliphatic rings. The van der Waals surface area contributed by atoms with Gasteiger partial charge in [-0.3, -0.25) is 52.9 Å². The molecule has 2 heterocycles. The van der Waals surface area contributed by atoms with Crippen LogP contribution >= 0.6 is 0 Å². The number of aliphatic hydroxyl groups is 1. The average molecular weight is 1230 g/mol. The van der Waals surface area contributed by atoms with Crippen LogP contribution in [-0.4, -0.2) is 166 Å². The molecule has 9 atom stereocenters. The molecule has 3 aromatic rings. The largest absolute Gasteiger partial charge is 0.508 e. The zero-order valence-electron chi connectivity index (χ0n) is 50.2. The van der Waals surface area contributed by atoms with E-state index in [-0.39, 0.29) is 81.5 Å². The minimum Gasteiger partial charge on any atom is -0.508 e. The smallest absolute Gasteiger partial charge is 0.312 e. The van der Waals surface area contributed by atoms with Crippen LogP contribution in [0.25, 0.3) is 10.9 Å². The molecule has 27 heteroatoms. The maximum atomic E-state index is 14.3. The molecule has 0 radical (unpaired) electrons. The number of aliphatic hydroxyl groups excluding tert-OH is 1. The first-order valence-electron chi connectivity index (χ1n) is 30.4. The lowest BCUT2D eigenvalue weighted by Gasteiger charge is -2.30. The van der Waals surface area contributed by atoms with Crippen LogP contribution in [0, 0.1) is 23.7 Å². The van der Waals surface area contributed by atoms with Gasteiger partial charge < -0.3 is 80.2 Å². The van der Waals surface area contributed by atoms with E-state index < -0.39 is 138 Å². The van der Waals surface area contributed by atoms with E-state index in [1.807, 2.05) is 24.3 Å². The van der Waals surface area contributed by atoms with Crippen LogP contribution in [0.4, 0.5) is 4.79 Å². The highest BCUT2D eigenvalue weighted by Crippen LogP contribution is 2.35. The van der Waals surface area contributed by atoms with Crippen molar-refractivity contribution in [1.82, 2.24) is 47.1 Å². The van der Waals surface area contributed by atoms with E-state index in [0.717, 1.165) is 66.3 Å². The Kier molecular flexibility index (Phi) is 26.2. The molecule has 1 aromatic heterocycles. The lowest BCUT2D eigenvalue weighted by Crippen LogP contribution is -2.57. The van der Waals surface area contributed by atoms with Crippen LogP contribution in [0.3, 0.4) is 0 Å². The summed E-state index contributed by atoms with van der Waals surface area (Å²) in [6.07, 6.45) is 5.97. The van der Waals surface area contributed by atoms with Crippen LogP contribution in [0.1, 0.15) is 121 Å². The Labute approximate surface area is 511 Å². The number of carbonyl (C=O) groups excluding carboxylic acids is 11. The number of aliphatic imine (C=N–C) groups is 1. The molecular weight excluding hydrogens is 1140 g/mol. The number of nitrogens with two attached hydrogens (primary N) is 4. The molecule has 2 aliphatic carbocycles. The molecular formula is C61H88N14O13. The van der Waals surface area contributed by atoms with Crippen molar-refractivity contribution in [2.75, 3.05) is 33.2 Å². The molecule has 0 unspecified atom stereocenters. The Balaban J connectivity index is 1.10. The monoisotopic (exact) mass is 1220 g/mol. The third-order valence-electron chi connectivity index (χ3n) is 16.6. The number of carbonyl (C=O) groups is 11. The highest BCUT2D eigenvalue weighted by molar-refractivity contribution is 5.99. The molecule has 6 rings (SSSR count).